The zero-order chi connectivity index (χ0) is 12.3. The van der Waals surface area contributed by atoms with Gasteiger partial charge in [-0.25, -0.2) is 0 Å². The van der Waals surface area contributed by atoms with Crippen LogP contribution in [0.3, 0.4) is 0 Å². The first-order valence-electron chi connectivity index (χ1n) is 5.89. The van der Waals surface area contributed by atoms with Crippen LogP contribution in [0.2, 0.25) is 0 Å². The summed E-state index contributed by atoms with van der Waals surface area (Å²) in [6.45, 7) is 2.08. The summed E-state index contributed by atoms with van der Waals surface area (Å²) in [7, 11) is 1.86. The fourth-order valence-electron chi connectivity index (χ4n) is 2.09. The Morgan fingerprint density at radius 2 is 2.47 bits per heavy atom. The summed E-state index contributed by atoms with van der Waals surface area (Å²) in [4.78, 5) is 13.9. The topological polar surface area (TPSA) is 32.3 Å². The molecule has 2 rings (SSSR count). The molecule has 0 radical (unpaired) electrons. The third-order valence-corrected chi connectivity index (χ3v) is 4.83. The van der Waals surface area contributed by atoms with E-state index in [9.17, 15) is 4.79 Å². The van der Waals surface area contributed by atoms with Crippen LogP contribution >= 0.6 is 27.3 Å². The normalized spacial score (nSPS) is 20.2. The van der Waals surface area contributed by atoms with E-state index in [1.54, 1.807) is 16.2 Å². The molecule has 1 aliphatic rings. The molecule has 1 saturated heterocycles. The largest absolute Gasteiger partial charge is 0.316 e. The van der Waals surface area contributed by atoms with Crippen LogP contribution in [0.5, 0.6) is 0 Å². The molecule has 1 N–H and O–H groups in total. The Hall–Kier alpha value is -0.390. The van der Waals surface area contributed by atoms with Crippen molar-refractivity contribution in [1.82, 2.24) is 5.32 Å². The summed E-state index contributed by atoms with van der Waals surface area (Å²) >= 11 is 5.01. The molecular weight excluding hydrogens is 300 g/mol. The monoisotopic (exact) mass is 316 g/mol. The molecule has 1 fully saturated rings. The predicted molar refractivity (Wildman–Crippen MR) is 75.6 cm³/mol. The number of amides is 1. The third-order valence-electron chi connectivity index (χ3n) is 3.13. The van der Waals surface area contributed by atoms with Crippen LogP contribution in [0.25, 0.3) is 0 Å². The van der Waals surface area contributed by atoms with E-state index < -0.39 is 0 Å². The summed E-state index contributed by atoms with van der Waals surface area (Å²) in [5.74, 6) is 0.718. The van der Waals surface area contributed by atoms with E-state index in [1.807, 2.05) is 19.2 Å². The molecule has 1 amide bonds. The maximum Gasteiger partial charge on any atom is 0.227 e. The highest BCUT2D eigenvalue weighted by molar-refractivity contribution is 9.11. The molecule has 0 spiro atoms. The Morgan fingerprint density at radius 3 is 3.06 bits per heavy atom. The van der Waals surface area contributed by atoms with Crippen molar-refractivity contribution >= 4 is 38.2 Å². The first-order chi connectivity index (χ1) is 8.16. The van der Waals surface area contributed by atoms with E-state index in [0.29, 0.717) is 12.3 Å². The fraction of sp³-hybridized carbons (Fsp3) is 0.583. The second-order valence-corrected chi connectivity index (χ2v) is 6.89. The highest BCUT2D eigenvalue weighted by Crippen LogP contribution is 2.30. The number of hydrogen-bond donors (Lipinski definition) is 1. The Morgan fingerprint density at radius 1 is 1.65 bits per heavy atom. The molecule has 2 heterocycles. The average Bonchev–Trinajstić information content (AvgIpc) is 2.76. The summed E-state index contributed by atoms with van der Waals surface area (Å²) in [5, 5.41) is 4.35. The minimum absolute atomic E-state index is 0.216. The molecule has 3 nitrogen and oxygen atoms in total. The minimum Gasteiger partial charge on any atom is -0.316 e. The summed E-state index contributed by atoms with van der Waals surface area (Å²) in [5.41, 5.74) is 0. The molecule has 0 saturated carbocycles. The minimum atomic E-state index is 0.216. The highest BCUT2D eigenvalue weighted by Gasteiger charge is 2.20. The van der Waals surface area contributed by atoms with Gasteiger partial charge in [0.25, 0.3) is 0 Å². The molecule has 1 aliphatic heterocycles. The maximum atomic E-state index is 12.1. The Bertz CT molecular complexity index is 388. The number of carbonyl (C=O) groups excluding carboxylic acids is 1. The van der Waals surface area contributed by atoms with Gasteiger partial charge in [0.2, 0.25) is 5.91 Å². The van der Waals surface area contributed by atoms with E-state index in [4.69, 9.17) is 0 Å². The van der Waals surface area contributed by atoms with E-state index in [-0.39, 0.29) is 5.91 Å². The SMILES string of the molecule is CN(C(=O)CC1CCCNC1)c1ccc(Br)s1. The molecule has 0 aliphatic carbocycles. The van der Waals surface area contributed by atoms with Crippen LogP contribution in [0.15, 0.2) is 15.9 Å². The van der Waals surface area contributed by atoms with Crippen molar-refractivity contribution in [3.8, 4) is 0 Å². The van der Waals surface area contributed by atoms with Crippen molar-refractivity contribution in [3.05, 3.63) is 15.9 Å². The smallest absolute Gasteiger partial charge is 0.227 e. The molecule has 5 heteroatoms. The first kappa shape index (κ1) is 13.1. The lowest BCUT2D eigenvalue weighted by molar-refractivity contribution is -0.119. The molecule has 0 bridgehead atoms. The molecule has 1 aromatic heterocycles. The number of hydrogen-bond acceptors (Lipinski definition) is 3. The van der Waals surface area contributed by atoms with Gasteiger partial charge in [0.15, 0.2) is 0 Å². The van der Waals surface area contributed by atoms with Gasteiger partial charge in [0.05, 0.1) is 8.79 Å². The van der Waals surface area contributed by atoms with Crippen LogP contribution in [0.1, 0.15) is 19.3 Å². The standard InChI is InChI=1S/C12H17BrN2OS/c1-15(12-5-4-10(13)17-12)11(16)7-9-3-2-6-14-8-9/h4-5,9,14H,2-3,6-8H2,1H3. The van der Waals surface area contributed by atoms with Gasteiger partial charge in [0.1, 0.15) is 0 Å². The van der Waals surface area contributed by atoms with E-state index in [0.717, 1.165) is 21.9 Å². The lowest BCUT2D eigenvalue weighted by Crippen LogP contribution is -2.34. The summed E-state index contributed by atoms with van der Waals surface area (Å²) < 4.78 is 1.06. The van der Waals surface area contributed by atoms with Gasteiger partial charge in [-0.2, -0.15) is 0 Å². The van der Waals surface area contributed by atoms with Crippen LogP contribution < -0.4 is 10.2 Å². The quantitative estimate of drug-likeness (QED) is 0.930. The zero-order valence-electron chi connectivity index (χ0n) is 9.91. The fourth-order valence-corrected chi connectivity index (χ4v) is 3.43. The maximum absolute atomic E-state index is 12.1. The van der Waals surface area contributed by atoms with Crippen molar-refractivity contribution in [2.24, 2.45) is 5.92 Å². The van der Waals surface area contributed by atoms with E-state index >= 15 is 0 Å². The van der Waals surface area contributed by atoms with Crippen molar-refractivity contribution < 1.29 is 4.79 Å². The van der Waals surface area contributed by atoms with Gasteiger partial charge in [-0.15, -0.1) is 11.3 Å². The molecule has 1 aromatic rings. The Kier molecular flexibility index (Phi) is 4.59. The van der Waals surface area contributed by atoms with Crippen LogP contribution in [0, 0.1) is 5.92 Å². The third kappa shape index (κ3) is 3.53. The number of nitrogens with one attached hydrogen (secondary N) is 1. The summed E-state index contributed by atoms with van der Waals surface area (Å²) in [6, 6.07) is 3.96. The van der Waals surface area contributed by atoms with Gasteiger partial charge in [0, 0.05) is 13.5 Å². The van der Waals surface area contributed by atoms with Gasteiger partial charge in [-0.05, 0) is 59.9 Å². The van der Waals surface area contributed by atoms with Gasteiger partial charge >= 0.3 is 0 Å². The second kappa shape index (κ2) is 5.98. The van der Waals surface area contributed by atoms with Gasteiger partial charge in [-0.3, -0.25) is 4.79 Å². The number of carbonyl (C=O) groups is 1. The molecule has 94 valence electrons. The number of anilines is 1. The van der Waals surface area contributed by atoms with Crippen molar-refractivity contribution in [2.45, 2.75) is 19.3 Å². The summed E-state index contributed by atoms with van der Waals surface area (Å²) in [6.07, 6.45) is 3.01. The Labute approximate surface area is 114 Å². The number of piperidine rings is 1. The number of thiophene rings is 1. The number of rotatable bonds is 3. The lowest BCUT2D eigenvalue weighted by atomic mass is 9.96. The highest BCUT2D eigenvalue weighted by atomic mass is 79.9. The van der Waals surface area contributed by atoms with Gasteiger partial charge < -0.3 is 10.2 Å². The molecular formula is C12H17BrN2OS. The Balaban J connectivity index is 1.90. The molecule has 0 aromatic carbocycles. The van der Waals surface area contributed by atoms with Gasteiger partial charge in [-0.1, -0.05) is 0 Å². The molecule has 17 heavy (non-hydrogen) atoms. The van der Waals surface area contributed by atoms with Crippen molar-refractivity contribution in [1.29, 1.82) is 0 Å². The first-order valence-corrected chi connectivity index (χ1v) is 7.50. The van der Waals surface area contributed by atoms with Crippen LogP contribution in [-0.2, 0) is 4.79 Å². The second-order valence-electron chi connectivity index (χ2n) is 4.45. The van der Waals surface area contributed by atoms with E-state index in [2.05, 4.69) is 21.2 Å². The number of nitrogens with zero attached hydrogens (tertiary/aromatic N) is 1. The molecule has 1 unspecified atom stereocenters. The lowest BCUT2D eigenvalue weighted by Gasteiger charge is -2.24. The zero-order valence-corrected chi connectivity index (χ0v) is 12.3. The molecule has 1 atom stereocenters. The van der Waals surface area contributed by atoms with Crippen LogP contribution in [0.4, 0.5) is 5.00 Å². The predicted octanol–water partition coefficient (Wildman–Crippen LogP) is 2.86. The average molecular weight is 317 g/mol. The number of halogens is 1. The van der Waals surface area contributed by atoms with Crippen molar-refractivity contribution in [3.63, 3.8) is 0 Å². The van der Waals surface area contributed by atoms with Crippen LogP contribution in [-0.4, -0.2) is 26.0 Å². The van der Waals surface area contributed by atoms with Crippen molar-refractivity contribution in [2.75, 3.05) is 25.0 Å². The van der Waals surface area contributed by atoms with E-state index in [1.165, 1.54) is 12.8 Å².